The van der Waals surface area contributed by atoms with E-state index in [1.54, 1.807) is 0 Å². The quantitative estimate of drug-likeness (QED) is 0.675. The highest BCUT2D eigenvalue weighted by Crippen LogP contribution is 2.47. The molecule has 2 amide bonds. The third kappa shape index (κ3) is 4.90. The average molecular weight is 366 g/mol. The highest BCUT2D eigenvalue weighted by Gasteiger charge is 2.37. The molecule has 0 radical (unpaired) electrons. The Morgan fingerprint density at radius 2 is 1.62 bits per heavy atom. The van der Waals surface area contributed by atoms with Gasteiger partial charge in [0.2, 0.25) is 0 Å². The van der Waals surface area contributed by atoms with Crippen LogP contribution in [0.1, 0.15) is 77.6 Å². The number of carboxylic acid groups (broad SMARTS) is 1. The topological polar surface area (TPSA) is 81.7 Å². The number of nitrogens with zero attached hydrogens (tertiary/aromatic N) is 1. The van der Waals surface area contributed by atoms with Crippen LogP contribution >= 0.6 is 0 Å². The van der Waals surface area contributed by atoms with E-state index in [9.17, 15) is 9.59 Å². The van der Waals surface area contributed by atoms with Gasteiger partial charge < -0.3 is 15.7 Å². The maximum absolute atomic E-state index is 12.3. The van der Waals surface area contributed by atoms with Crippen LogP contribution < -0.4 is 10.6 Å². The summed E-state index contributed by atoms with van der Waals surface area (Å²) in [7, 11) is 0. The zero-order valence-electron chi connectivity index (χ0n) is 16.1. The lowest BCUT2D eigenvalue weighted by molar-refractivity contribution is -0.139. The number of carboxylic acids is 1. The van der Waals surface area contributed by atoms with E-state index >= 15 is 0 Å². The minimum Gasteiger partial charge on any atom is -0.480 e. The zero-order chi connectivity index (χ0) is 18.6. The van der Waals surface area contributed by atoms with Gasteiger partial charge in [0.1, 0.15) is 0 Å². The van der Waals surface area contributed by atoms with E-state index in [1.165, 1.54) is 44.9 Å². The van der Waals surface area contributed by atoms with Gasteiger partial charge in [-0.15, -0.1) is 0 Å². The van der Waals surface area contributed by atoms with E-state index in [0.717, 1.165) is 32.2 Å². The van der Waals surface area contributed by atoms with Crippen LogP contribution in [0.2, 0.25) is 0 Å². The molecule has 3 N–H and O–H groups in total. The summed E-state index contributed by atoms with van der Waals surface area (Å²) < 4.78 is 0. The Bertz CT molecular complexity index is 489. The van der Waals surface area contributed by atoms with E-state index < -0.39 is 5.97 Å². The van der Waals surface area contributed by atoms with Crippen LogP contribution in [0.5, 0.6) is 0 Å². The number of amides is 2. The molecule has 3 aliphatic carbocycles. The molecule has 3 aliphatic rings. The number of carbonyl (C=O) groups is 2. The lowest BCUT2D eigenvalue weighted by atomic mass is 9.64. The Balaban J connectivity index is 1.34. The van der Waals surface area contributed by atoms with Crippen LogP contribution in [-0.2, 0) is 4.79 Å². The fourth-order valence-corrected chi connectivity index (χ4v) is 5.27. The highest BCUT2D eigenvalue weighted by atomic mass is 16.4. The molecule has 3 saturated carbocycles. The number of nitrogens with one attached hydrogen (secondary N) is 2. The third-order valence-electron chi connectivity index (χ3n) is 7.01. The summed E-state index contributed by atoms with van der Waals surface area (Å²) in [6.45, 7) is 2.81. The van der Waals surface area contributed by atoms with Crippen LogP contribution in [0.15, 0.2) is 0 Å². The largest absolute Gasteiger partial charge is 0.480 e. The Kier molecular flexibility index (Phi) is 6.43. The van der Waals surface area contributed by atoms with Crippen LogP contribution in [0.4, 0.5) is 4.79 Å². The molecule has 0 unspecified atom stereocenters. The molecule has 6 nitrogen and oxygen atoms in total. The van der Waals surface area contributed by atoms with Crippen molar-refractivity contribution in [2.45, 2.75) is 95.7 Å². The number of rotatable bonds is 6. The number of hydrogen-bond donors (Lipinski definition) is 3. The van der Waals surface area contributed by atoms with Crippen LogP contribution in [0.25, 0.3) is 0 Å². The molecule has 3 rings (SSSR count). The van der Waals surface area contributed by atoms with Crippen molar-refractivity contribution >= 4 is 12.0 Å². The van der Waals surface area contributed by atoms with Gasteiger partial charge in [0.15, 0.2) is 0 Å². The third-order valence-corrected chi connectivity index (χ3v) is 7.01. The molecule has 26 heavy (non-hydrogen) atoms. The summed E-state index contributed by atoms with van der Waals surface area (Å²) >= 11 is 0. The Morgan fingerprint density at radius 3 is 2.19 bits per heavy atom. The predicted molar refractivity (Wildman–Crippen MR) is 101 cm³/mol. The van der Waals surface area contributed by atoms with Gasteiger partial charge in [-0.05, 0) is 63.3 Å². The molecular weight excluding hydrogens is 330 g/mol. The normalized spacial score (nSPS) is 28.5. The highest BCUT2D eigenvalue weighted by molar-refractivity contribution is 5.74. The molecule has 0 atom stereocenters. The van der Waals surface area contributed by atoms with Crippen LogP contribution in [0, 0.1) is 5.41 Å². The lowest BCUT2D eigenvalue weighted by Crippen LogP contribution is -2.57. The molecule has 0 bridgehead atoms. The monoisotopic (exact) mass is 365 g/mol. The Hall–Kier alpha value is -1.30. The number of carbonyl (C=O) groups excluding carboxylic acids is 1. The summed E-state index contributed by atoms with van der Waals surface area (Å²) in [5.74, 6) is -0.783. The number of urea groups is 1. The second-order valence-electron chi connectivity index (χ2n) is 8.73. The summed E-state index contributed by atoms with van der Waals surface area (Å²) in [4.78, 5) is 25.1. The maximum Gasteiger partial charge on any atom is 0.317 e. The van der Waals surface area contributed by atoms with Gasteiger partial charge in [-0.3, -0.25) is 9.69 Å². The van der Waals surface area contributed by atoms with Crippen molar-refractivity contribution in [3.63, 3.8) is 0 Å². The predicted octanol–water partition coefficient (Wildman–Crippen LogP) is 3.12. The van der Waals surface area contributed by atoms with Gasteiger partial charge in [0, 0.05) is 18.1 Å². The molecule has 0 aromatic heterocycles. The molecule has 148 valence electrons. The first kappa shape index (κ1) is 19.5. The molecule has 0 heterocycles. The van der Waals surface area contributed by atoms with Gasteiger partial charge in [-0.2, -0.15) is 0 Å². The summed E-state index contributed by atoms with van der Waals surface area (Å²) in [5, 5.41) is 15.2. The van der Waals surface area contributed by atoms with Gasteiger partial charge in [0.05, 0.1) is 6.54 Å². The summed E-state index contributed by atoms with van der Waals surface area (Å²) in [6.07, 6.45) is 13.4. The van der Waals surface area contributed by atoms with Gasteiger partial charge in [-0.25, -0.2) is 4.79 Å². The molecule has 3 fully saturated rings. The molecule has 6 heteroatoms. The number of hydrogen-bond acceptors (Lipinski definition) is 3. The van der Waals surface area contributed by atoms with Crippen molar-refractivity contribution in [2.75, 3.05) is 13.1 Å². The van der Waals surface area contributed by atoms with Crippen molar-refractivity contribution in [1.82, 2.24) is 15.5 Å². The first-order chi connectivity index (χ1) is 12.5. The summed E-state index contributed by atoms with van der Waals surface area (Å²) in [5.41, 5.74) is 0.585. The van der Waals surface area contributed by atoms with Crippen LogP contribution in [0.3, 0.4) is 0 Å². The van der Waals surface area contributed by atoms with Gasteiger partial charge in [0.25, 0.3) is 0 Å². The van der Waals surface area contributed by atoms with E-state index in [1.807, 2.05) is 11.8 Å². The number of likely N-dealkylation sites (N-methyl/N-ethyl adjacent to an activating group) is 1. The van der Waals surface area contributed by atoms with Crippen molar-refractivity contribution in [1.29, 1.82) is 0 Å². The fraction of sp³-hybridized carbons (Fsp3) is 0.900. The van der Waals surface area contributed by atoms with Crippen molar-refractivity contribution < 1.29 is 14.7 Å². The average Bonchev–Trinajstić information content (AvgIpc) is 2.59. The summed E-state index contributed by atoms with van der Waals surface area (Å²) in [6, 6.07) is 0.732. The van der Waals surface area contributed by atoms with E-state index in [0.29, 0.717) is 11.5 Å². The fourth-order valence-electron chi connectivity index (χ4n) is 5.27. The minimum atomic E-state index is -0.783. The van der Waals surface area contributed by atoms with Crippen LogP contribution in [-0.4, -0.2) is 53.2 Å². The molecule has 1 spiro atoms. The smallest absolute Gasteiger partial charge is 0.317 e. The van der Waals surface area contributed by atoms with E-state index in [2.05, 4.69) is 10.6 Å². The van der Waals surface area contributed by atoms with E-state index in [-0.39, 0.29) is 24.7 Å². The Labute approximate surface area is 157 Å². The first-order valence-electron chi connectivity index (χ1n) is 10.5. The van der Waals surface area contributed by atoms with E-state index in [4.69, 9.17) is 5.11 Å². The van der Waals surface area contributed by atoms with Crippen molar-refractivity contribution in [2.24, 2.45) is 5.41 Å². The standard InChI is InChI=1S/C20H35N3O3/c1-2-23(14-18(24)25)17-12-16(13-17)22-19(26)21-15-6-10-20(11-7-15)8-4-3-5-9-20/h15-17H,2-14H2,1H3,(H,24,25)(H2,21,22,26). The molecular formula is C20H35N3O3. The van der Waals surface area contributed by atoms with Crippen molar-refractivity contribution in [3.05, 3.63) is 0 Å². The molecule has 0 aromatic rings. The molecule has 0 aromatic carbocycles. The van der Waals surface area contributed by atoms with Crippen molar-refractivity contribution in [3.8, 4) is 0 Å². The second kappa shape index (κ2) is 8.59. The second-order valence-corrected chi connectivity index (χ2v) is 8.73. The zero-order valence-corrected chi connectivity index (χ0v) is 16.1. The first-order valence-corrected chi connectivity index (χ1v) is 10.5. The number of aliphatic carboxylic acids is 1. The van der Waals surface area contributed by atoms with Gasteiger partial charge >= 0.3 is 12.0 Å². The lowest BCUT2D eigenvalue weighted by Gasteiger charge is -2.44. The Morgan fingerprint density at radius 1 is 1.00 bits per heavy atom. The van der Waals surface area contributed by atoms with Gasteiger partial charge in [-0.1, -0.05) is 26.2 Å². The SMILES string of the molecule is CCN(CC(=O)O)C1CC(NC(=O)NC2CCC3(CCCCC3)CC2)C1. The molecule has 0 aliphatic heterocycles. The minimum absolute atomic E-state index is 0.0423. The molecule has 0 saturated heterocycles. The maximum atomic E-state index is 12.3.